The van der Waals surface area contributed by atoms with Crippen molar-refractivity contribution >= 4 is 17.7 Å². The van der Waals surface area contributed by atoms with Gasteiger partial charge in [0.2, 0.25) is 0 Å². The maximum absolute atomic E-state index is 12.0. The largest absolute Gasteiger partial charge is 0.464 e. The fourth-order valence-corrected chi connectivity index (χ4v) is 3.88. The number of hydrogen-bond acceptors (Lipinski definition) is 4. The number of hydrogen-bond donors (Lipinski definition) is 0. The molecule has 0 amide bonds. The van der Waals surface area contributed by atoms with Gasteiger partial charge in [0.15, 0.2) is 5.60 Å². The van der Waals surface area contributed by atoms with Crippen molar-refractivity contribution in [3.63, 3.8) is 0 Å². The van der Waals surface area contributed by atoms with Crippen molar-refractivity contribution in [2.24, 2.45) is 0 Å². The molecule has 0 aromatic rings. The quantitative estimate of drug-likeness (QED) is 0.562. The molecule has 0 N–H and O–H groups in total. The maximum atomic E-state index is 12.0. The van der Waals surface area contributed by atoms with Gasteiger partial charge in [-0.05, 0) is 37.7 Å². The van der Waals surface area contributed by atoms with Gasteiger partial charge < -0.3 is 9.47 Å². The van der Waals surface area contributed by atoms with E-state index in [1.54, 1.807) is 0 Å². The van der Waals surface area contributed by atoms with E-state index in [9.17, 15) is 4.79 Å². The third-order valence-electron chi connectivity index (χ3n) is 3.57. The van der Waals surface area contributed by atoms with Crippen LogP contribution in [-0.4, -0.2) is 35.3 Å². The first-order chi connectivity index (χ1) is 7.71. The van der Waals surface area contributed by atoms with E-state index in [1.165, 1.54) is 0 Å². The van der Waals surface area contributed by atoms with Crippen molar-refractivity contribution in [1.29, 1.82) is 0 Å². The van der Waals surface area contributed by atoms with Gasteiger partial charge in [-0.25, -0.2) is 4.79 Å². The molecule has 2 aliphatic rings. The van der Waals surface area contributed by atoms with E-state index in [1.807, 2.05) is 18.7 Å². The zero-order chi connectivity index (χ0) is 11.6. The molecule has 2 heterocycles. The van der Waals surface area contributed by atoms with Gasteiger partial charge in [-0.3, -0.25) is 0 Å². The molecule has 2 fully saturated rings. The average molecular weight is 244 g/mol. The van der Waals surface area contributed by atoms with Crippen LogP contribution < -0.4 is 0 Å². The highest BCUT2D eigenvalue weighted by Crippen LogP contribution is 2.58. The Kier molecular flexibility index (Phi) is 3.50. The fraction of sp³-hybridized carbons (Fsp3) is 0.917. The monoisotopic (exact) mass is 244 g/mol. The normalized spacial score (nSPS) is 31.4. The zero-order valence-electron chi connectivity index (χ0n) is 10.1. The van der Waals surface area contributed by atoms with Crippen LogP contribution in [0.2, 0.25) is 0 Å². The van der Waals surface area contributed by atoms with Crippen LogP contribution in [0.3, 0.4) is 0 Å². The van der Waals surface area contributed by atoms with Crippen LogP contribution in [0.15, 0.2) is 0 Å². The second-order valence-electron chi connectivity index (χ2n) is 4.51. The van der Waals surface area contributed by atoms with Crippen molar-refractivity contribution in [1.82, 2.24) is 0 Å². The summed E-state index contributed by atoms with van der Waals surface area (Å²) in [5.41, 5.74) is -0.779. The highest BCUT2D eigenvalue weighted by atomic mass is 32.2. The van der Waals surface area contributed by atoms with Gasteiger partial charge in [0.05, 0.1) is 6.61 Å². The molecule has 2 rings (SSSR count). The highest BCUT2D eigenvalue weighted by Gasteiger charge is 2.74. The summed E-state index contributed by atoms with van der Waals surface area (Å²) in [5, 5.41) is 0. The molecule has 0 aromatic carbocycles. The Bertz CT molecular complexity index is 273. The first-order valence-electron chi connectivity index (χ1n) is 6.16. The molecule has 0 bridgehead atoms. The number of esters is 1. The molecule has 0 radical (unpaired) electrons. The predicted molar refractivity (Wildman–Crippen MR) is 64.6 cm³/mol. The molecule has 2 saturated heterocycles. The molecule has 2 aliphatic heterocycles. The molecule has 1 spiro atoms. The summed E-state index contributed by atoms with van der Waals surface area (Å²) in [6.07, 6.45) is 3.76. The molecule has 0 aromatic heterocycles. The number of ether oxygens (including phenoxy) is 2. The van der Waals surface area contributed by atoms with Gasteiger partial charge in [-0.1, -0.05) is 13.3 Å². The second-order valence-corrected chi connectivity index (χ2v) is 5.73. The van der Waals surface area contributed by atoms with Crippen LogP contribution in [0.25, 0.3) is 0 Å². The minimum atomic E-state index is -0.598. The smallest absolute Gasteiger partial charge is 0.341 e. The van der Waals surface area contributed by atoms with Gasteiger partial charge in [0.1, 0.15) is 5.60 Å². The lowest BCUT2D eigenvalue weighted by Crippen LogP contribution is -2.38. The summed E-state index contributed by atoms with van der Waals surface area (Å²) >= 11 is 1.95. The molecule has 3 nitrogen and oxygen atoms in total. The van der Waals surface area contributed by atoms with Crippen molar-refractivity contribution in [3.8, 4) is 0 Å². The number of carbonyl (C=O) groups excluding carboxylic acids is 1. The lowest BCUT2D eigenvalue weighted by molar-refractivity contribution is -0.149. The molecular weight excluding hydrogens is 224 g/mol. The Morgan fingerprint density at radius 1 is 1.38 bits per heavy atom. The first kappa shape index (κ1) is 12.2. The maximum Gasteiger partial charge on any atom is 0.341 e. The van der Waals surface area contributed by atoms with Crippen molar-refractivity contribution in [2.45, 2.75) is 50.7 Å². The van der Waals surface area contributed by atoms with Gasteiger partial charge in [0, 0.05) is 0 Å². The van der Waals surface area contributed by atoms with Gasteiger partial charge in [-0.15, -0.1) is 0 Å². The summed E-state index contributed by atoms with van der Waals surface area (Å²) in [7, 11) is 0. The molecule has 16 heavy (non-hydrogen) atoms. The van der Waals surface area contributed by atoms with Crippen LogP contribution in [0.1, 0.15) is 39.5 Å². The Morgan fingerprint density at radius 3 is 2.62 bits per heavy atom. The van der Waals surface area contributed by atoms with E-state index in [-0.39, 0.29) is 11.6 Å². The summed E-state index contributed by atoms with van der Waals surface area (Å²) in [4.78, 5) is 12.0. The third-order valence-corrected chi connectivity index (χ3v) is 4.56. The highest BCUT2D eigenvalue weighted by molar-refractivity contribution is 7.99. The van der Waals surface area contributed by atoms with E-state index in [0.29, 0.717) is 6.61 Å². The summed E-state index contributed by atoms with van der Waals surface area (Å²) in [6, 6.07) is 0. The Labute approximate surface area is 101 Å². The Balaban J connectivity index is 2.10. The van der Waals surface area contributed by atoms with Gasteiger partial charge in [0.25, 0.3) is 0 Å². The minimum Gasteiger partial charge on any atom is -0.464 e. The van der Waals surface area contributed by atoms with Crippen molar-refractivity contribution in [2.75, 3.05) is 18.1 Å². The van der Waals surface area contributed by atoms with Gasteiger partial charge in [-0.2, -0.15) is 11.8 Å². The molecule has 0 aliphatic carbocycles. The standard InChI is InChI=1S/C12H20O3S/c1-3-5-12(10(13)14-4-2)11(15-12)6-8-16-9-7-11/h3-9H2,1-2H3. The number of carbonyl (C=O) groups is 1. The molecular formula is C12H20O3S. The SMILES string of the molecule is CCCC1(C(=O)OCC)OC12CCSCC2. The number of epoxide rings is 1. The van der Waals surface area contributed by atoms with Crippen molar-refractivity contribution < 1.29 is 14.3 Å². The molecule has 4 heteroatoms. The predicted octanol–water partition coefficient (Wildman–Crippen LogP) is 2.38. The van der Waals surface area contributed by atoms with Crippen LogP contribution in [-0.2, 0) is 14.3 Å². The fourth-order valence-electron chi connectivity index (χ4n) is 2.72. The summed E-state index contributed by atoms with van der Waals surface area (Å²) < 4.78 is 11.1. The van der Waals surface area contributed by atoms with Crippen LogP contribution in [0.4, 0.5) is 0 Å². The van der Waals surface area contributed by atoms with E-state index >= 15 is 0 Å². The van der Waals surface area contributed by atoms with E-state index in [2.05, 4.69) is 6.92 Å². The molecule has 1 unspecified atom stereocenters. The van der Waals surface area contributed by atoms with Crippen LogP contribution in [0.5, 0.6) is 0 Å². The Hall–Kier alpha value is -0.220. The molecule has 0 saturated carbocycles. The summed E-state index contributed by atoms with van der Waals surface area (Å²) in [5.74, 6) is 2.07. The van der Waals surface area contributed by atoms with Crippen molar-refractivity contribution in [3.05, 3.63) is 0 Å². The topological polar surface area (TPSA) is 38.8 Å². The first-order valence-corrected chi connectivity index (χ1v) is 7.31. The van der Waals surface area contributed by atoms with Gasteiger partial charge >= 0.3 is 5.97 Å². The summed E-state index contributed by atoms with van der Waals surface area (Å²) in [6.45, 7) is 4.38. The number of thioether (sulfide) groups is 1. The van der Waals surface area contributed by atoms with Crippen LogP contribution in [0, 0.1) is 0 Å². The molecule has 1 atom stereocenters. The van der Waals surface area contributed by atoms with E-state index in [4.69, 9.17) is 9.47 Å². The lowest BCUT2D eigenvalue weighted by atomic mass is 9.84. The van der Waals surface area contributed by atoms with Crippen LogP contribution >= 0.6 is 11.8 Å². The molecule has 92 valence electrons. The Morgan fingerprint density at radius 2 is 2.06 bits per heavy atom. The third kappa shape index (κ3) is 1.76. The number of rotatable bonds is 4. The lowest BCUT2D eigenvalue weighted by Gasteiger charge is -2.22. The second kappa shape index (κ2) is 4.57. The zero-order valence-corrected chi connectivity index (χ0v) is 10.9. The minimum absolute atomic E-state index is 0.135. The van der Waals surface area contributed by atoms with E-state index in [0.717, 1.165) is 37.2 Å². The average Bonchev–Trinajstić information content (AvgIpc) is 2.89. The van der Waals surface area contributed by atoms with E-state index < -0.39 is 5.60 Å².